The van der Waals surface area contributed by atoms with E-state index in [4.69, 9.17) is 0 Å². The second-order valence-electron chi connectivity index (χ2n) is 6.82. The molecule has 1 amide bonds. The van der Waals surface area contributed by atoms with Crippen LogP contribution < -0.4 is 5.32 Å². The van der Waals surface area contributed by atoms with Crippen LogP contribution in [0.3, 0.4) is 0 Å². The summed E-state index contributed by atoms with van der Waals surface area (Å²) in [5, 5.41) is 3.04. The Hall–Kier alpha value is -0.620. The van der Waals surface area contributed by atoms with Crippen LogP contribution in [0.2, 0.25) is 0 Å². The summed E-state index contributed by atoms with van der Waals surface area (Å²) in [6.45, 7) is 0.321. The highest BCUT2D eigenvalue weighted by atomic mass is 32.2. The fourth-order valence-corrected chi connectivity index (χ4v) is 4.92. The Kier molecular flexibility index (Phi) is 6.68. The van der Waals surface area contributed by atoms with Crippen molar-refractivity contribution in [1.29, 1.82) is 0 Å². The maximum absolute atomic E-state index is 12.1. The van der Waals surface area contributed by atoms with Gasteiger partial charge in [0, 0.05) is 25.0 Å². The third-order valence-corrected chi connectivity index (χ3v) is 6.27. The van der Waals surface area contributed by atoms with Crippen molar-refractivity contribution in [1.82, 2.24) is 9.62 Å². The number of nitrogens with one attached hydrogen (secondary N) is 1. The van der Waals surface area contributed by atoms with Crippen LogP contribution >= 0.6 is 0 Å². The zero-order chi connectivity index (χ0) is 16.0. The molecular weight excluding hydrogens is 300 g/mol. The van der Waals surface area contributed by atoms with E-state index in [0.29, 0.717) is 12.6 Å². The van der Waals surface area contributed by atoms with E-state index in [0.717, 1.165) is 38.5 Å². The van der Waals surface area contributed by atoms with E-state index >= 15 is 0 Å². The molecule has 6 heteroatoms. The van der Waals surface area contributed by atoms with Gasteiger partial charge in [0.2, 0.25) is 15.9 Å². The van der Waals surface area contributed by atoms with Gasteiger partial charge in [-0.25, -0.2) is 8.42 Å². The number of sulfonamides is 1. The molecule has 0 aliphatic heterocycles. The first kappa shape index (κ1) is 17.7. The lowest BCUT2D eigenvalue weighted by Crippen LogP contribution is -2.42. The van der Waals surface area contributed by atoms with Gasteiger partial charge in [-0.3, -0.25) is 4.79 Å². The van der Waals surface area contributed by atoms with Crippen LogP contribution in [-0.2, 0) is 14.8 Å². The SMILES string of the molecule is CS(=O)(=O)N(CCC(=O)NC1CCCC1)C1CCCCCC1. The quantitative estimate of drug-likeness (QED) is 0.761. The second-order valence-corrected chi connectivity index (χ2v) is 8.75. The third-order valence-electron chi connectivity index (χ3n) is 4.94. The van der Waals surface area contributed by atoms with E-state index in [9.17, 15) is 13.2 Å². The van der Waals surface area contributed by atoms with Gasteiger partial charge in [-0.05, 0) is 25.7 Å². The van der Waals surface area contributed by atoms with Gasteiger partial charge in [-0.2, -0.15) is 4.31 Å². The molecule has 5 nitrogen and oxygen atoms in total. The third kappa shape index (κ3) is 5.54. The summed E-state index contributed by atoms with van der Waals surface area (Å²) >= 11 is 0. The average Bonchev–Trinajstić information content (AvgIpc) is 2.79. The maximum Gasteiger partial charge on any atom is 0.221 e. The summed E-state index contributed by atoms with van der Waals surface area (Å²) in [6.07, 6.45) is 12.4. The van der Waals surface area contributed by atoms with Crippen molar-refractivity contribution in [2.75, 3.05) is 12.8 Å². The van der Waals surface area contributed by atoms with Crippen molar-refractivity contribution in [2.24, 2.45) is 0 Å². The highest BCUT2D eigenvalue weighted by molar-refractivity contribution is 7.88. The fourth-order valence-electron chi connectivity index (χ4n) is 3.75. The fraction of sp³-hybridized carbons (Fsp3) is 0.938. The minimum atomic E-state index is -3.25. The monoisotopic (exact) mass is 330 g/mol. The van der Waals surface area contributed by atoms with Crippen molar-refractivity contribution in [2.45, 2.75) is 82.7 Å². The molecule has 0 bridgehead atoms. The number of hydrogen-bond acceptors (Lipinski definition) is 3. The van der Waals surface area contributed by atoms with Crippen LogP contribution in [0, 0.1) is 0 Å². The molecule has 2 rings (SSSR count). The van der Waals surface area contributed by atoms with Crippen LogP contribution in [0.1, 0.15) is 70.6 Å². The number of amides is 1. The van der Waals surface area contributed by atoms with E-state index in [-0.39, 0.29) is 18.4 Å². The molecule has 128 valence electrons. The van der Waals surface area contributed by atoms with Gasteiger partial charge in [0.05, 0.1) is 6.26 Å². The zero-order valence-electron chi connectivity index (χ0n) is 13.7. The first-order valence-electron chi connectivity index (χ1n) is 8.73. The predicted octanol–water partition coefficient (Wildman–Crippen LogP) is 2.42. The molecule has 0 unspecified atom stereocenters. The molecule has 2 saturated carbocycles. The first-order chi connectivity index (χ1) is 10.5. The Morgan fingerprint density at radius 1 is 1.00 bits per heavy atom. The summed E-state index contributed by atoms with van der Waals surface area (Å²) in [4.78, 5) is 12.0. The molecule has 0 saturated heterocycles. The summed E-state index contributed by atoms with van der Waals surface area (Å²) < 4.78 is 25.8. The number of rotatable bonds is 6. The van der Waals surface area contributed by atoms with E-state index < -0.39 is 10.0 Å². The molecular formula is C16H30N2O3S. The Bertz CT molecular complexity index is 450. The number of hydrogen-bond donors (Lipinski definition) is 1. The molecule has 0 aromatic heterocycles. The lowest BCUT2D eigenvalue weighted by Gasteiger charge is -2.29. The van der Waals surface area contributed by atoms with Crippen LogP contribution in [0.4, 0.5) is 0 Å². The second kappa shape index (κ2) is 8.29. The molecule has 0 heterocycles. The highest BCUT2D eigenvalue weighted by Gasteiger charge is 2.28. The molecule has 0 aromatic rings. The lowest BCUT2D eigenvalue weighted by atomic mass is 10.1. The van der Waals surface area contributed by atoms with Crippen molar-refractivity contribution < 1.29 is 13.2 Å². The van der Waals surface area contributed by atoms with Crippen molar-refractivity contribution in [3.63, 3.8) is 0 Å². The first-order valence-corrected chi connectivity index (χ1v) is 10.6. The Balaban J connectivity index is 1.87. The number of carbonyl (C=O) groups excluding carboxylic acids is 1. The average molecular weight is 330 g/mol. The van der Waals surface area contributed by atoms with Crippen molar-refractivity contribution in [3.05, 3.63) is 0 Å². The zero-order valence-corrected chi connectivity index (χ0v) is 14.5. The molecule has 0 spiro atoms. The smallest absolute Gasteiger partial charge is 0.221 e. The van der Waals surface area contributed by atoms with Gasteiger partial charge in [-0.15, -0.1) is 0 Å². The molecule has 1 N–H and O–H groups in total. The summed E-state index contributed by atoms with van der Waals surface area (Å²) in [7, 11) is -3.25. The highest BCUT2D eigenvalue weighted by Crippen LogP contribution is 2.24. The van der Waals surface area contributed by atoms with Gasteiger partial charge >= 0.3 is 0 Å². The van der Waals surface area contributed by atoms with Crippen molar-refractivity contribution in [3.8, 4) is 0 Å². The van der Waals surface area contributed by atoms with E-state index in [2.05, 4.69) is 5.32 Å². The topological polar surface area (TPSA) is 66.5 Å². The Morgan fingerprint density at radius 2 is 1.55 bits per heavy atom. The van der Waals surface area contributed by atoms with Gasteiger partial charge in [0.1, 0.15) is 0 Å². The van der Waals surface area contributed by atoms with Crippen LogP contribution in [0.5, 0.6) is 0 Å². The van der Waals surface area contributed by atoms with Crippen molar-refractivity contribution >= 4 is 15.9 Å². The molecule has 0 radical (unpaired) electrons. The van der Waals surface area contributed by atoms with Gasteiger partial charge < -0.3 is 5.32 Å². The molecule has 0 aromatic carbocycles. The minimum Gasteiger partial charge on any atom is -0.353 e. The van der Waals surface area contributed by atoms with Gasteiger partial charge in [-0.1, -0.05) is 38.5 Å². The summed E-state index contributed by atoms with van der Waals surface area (Å²) in [5.41, 5.74) is 0. The normalized spacial score (nSPS) is 21.9. The Morgan fingerprint density at radius 3 is 2.09 bits per heavy atom. The van der Waals surface area contributed by atoms with E-state index in [1.165, 1.54) is 31.9 Å². The van der Waals surface area contributed by atoms with E-state index in [1.54, 1.807) is 4.31 Å². The molecule has 0 atom stereocenters. The van der Waals surface area contributed by atoms with E-state index in [1.807, 2.05) is 0 Å². The Labute approximate surface area is 134 Å². The molecule has 2 fully saturated rings. The standard InChI is InChI=1S/C16H30N2O3S/c1-22(20,21)18(15-10-4-2-3-5-11-15)13-12-16(19)17-14-8-6-7-9-14/h14-15H,2-13H2,1H3,(H,17,19). The van der Waals surface area contributed by atoms with Gasteiger partial charge in [0.25, 0.3) is 0 Å². The lowest BCUT2D eigenvalue weighted by molar-refractivity contribution is -0.121. The number of carbonyl (C=O) groups is 1. The van der Waals surface area contributed by atoms with Crippen LogP contribution in [0.25, 0.3) is 0 Å². The molecule has 2 aliphatic rings. The number of nitrogens with zero attached hydrogens (tertiary/aromatic N) is 1. The van der Waals surface area contributed by atoms with Crippen LogP contribution in [-0.4, -0.2) is 43.5 Å². The van der Waals surface area contributed by atoms with Gasteiger partial charge in [0.15, 0.2) is 0 Å². The molecule has 2 aliphatic carbocycles. The largest absolute Gasteiger partial charge is 0.353 e. The summed E-state index contributed by atoms with van der Waals surface area (Å²) in [5.74, 6) is -0.00540. The minimum absolute atomic E-state index is 0.00540. The maximum atomic E-state index is 12.1. The summed E-state index contributed by atoms with van der Waals surface area (Å²) in [6, 6.07) is 0.383. The van der Waals surface area contributed by atoms with Crippen LogP contribution in [0.15, 0.2) is 0 Å². The predicted molar refractivity (Wildman–Crippen MR) is 88.1 cm³/mol. The molecule has 22 heavy (non-hydrogen) atoms.